The molecule has 3 heteroatoms. The zero-order chi connectivity index (χ0) is 13.7. The first-order chi connectivity index (χ1) is 9.15. The van der Waals surface area contributed by atoms with Crippen molar-refractivity contribution in [2.24, 2.45) is 0 Å². The molecule has 0 fully saturated rings. The minimum atomic E-state index is 0.248. The SMILES string of the molecule is C=C(C)COCCNCC1Cc2cc(C)ccc2O1. The molecule has 1 atom stereocenters. The van der Waals surface area contributed by atoms with Crippen molar-refractivity contribution in [1.82, 2.24) is 5.32 Å². The van der Waals surface area contributed by atoms with E-state index in [1.807, 2.05) is 6.92 Å². The molecule has 0 saturated heterocycles. The maximum atomic E-state index is 5.89. The number of ether oxygens (including phenoxy) is 2. The maximum Gasteiger partial charge on any atom is 0.123 e. The monoisotopic (exact) mass is 261 g/mol. The van der Waals surface area contributed by atoms with Crippen molar-refractivity contribution >= 4 is 0 Å². The predicted octanol–water partition coefficient (Wildman–Crippen LogP) is 2.48. The zero-order valence-corrected chi connectivity index (χ0v) is 11.9. The van der Waals surface area contributed by atoms with Gasteiger partial charge in [0.2, 0.25) is 0 Å². The molecular formula is C16H23NO2. The van der Waals surface area contributed by atoms with Crippen LogP contribution in [0.5, 0.6) is 5.75 Å². The van der Waals surface area contributed by atoms with Gasteiger partial charge in [0.05, 0.1) is 13.2 Å². The number of nitrogens with one attached hydrogen (secondary N) is 1. The van der Waals surface area contributed by atoms with E-state index in [9.17, 15) is 0 Å². The number of hydrogen-bond acceptors (Lipinski definition) is 3. The first-order valence-corrected chi connectivity index (χ1v) is 6.84. The van der Waals surface area contributed by atoms with Crippen LogP contribution in [0.2, 0.25) is 0 Å². The fraction of sp³-hybridized carbons (Fsp3) is 0.500. The highest BCUT2D eigenvalue weighted by molar-refractivity contribution is 5.40. The quantitative estimate of drug-likeness (QED) is 0.604. The third kappa shape index (κ3) is 4.37. The topological polar surface area (TPSA) is 30.5 Å². The standard InChI is InChI=1S/C16H23NO2/c1-12(2)11-18-7-6-17-10-15-9-14-8-13(3)4-5-16(14)19-15/h4-5,8,15,17H,1,6-7,9-11H2,2-3H3. The normalized spacial score (nSPS) is 17.1. The van der Waals surface area contributed by atoms with Crippen LogP contribution in [0.15, 0.2) is 30.4 Å². The van der Waals surface area contributed by atoms with Crippen LogP contribution in [0.3, 0.4) is 0 Å². The molecule has 1 N–H and O–H groups in total. The molecule has 1 aromatic carbocycles. The predicted molar refractivity (Wildman–Crippen MR) is 77.8 cm³/mol. The number of rotatable bonds is 7. The van der Waals surface area contributed by atoms with Crippen molar-refractivity contribution in [3.63, 3.8) is 0 Å². The van der Waals surface area contributed by atoms with E-state index in [1.165, 1.54) is 11.1 Å². The van der Waals surface area contributed by atoms with Gasteiger partial charge in [0.15, 0.2) is 0 Å². The lowest BCUT2D eigenvalue weighted by Gasteiger charge is -2.12. The highest BCUT2D eigenvalue weighted by Gasteiger charge is 2.21. The van der Waals surface area contributed by atoms with Crippen LogP contribution in [-0.2, 0) is 11.2 Å². The maximum absolute atomic E-state index is 5.89. The molecule has 0 radical (unpaired) electrons. The summed E-state index contributed by atoms with van der Waals surface area (Å²) in [6.07, 6.45) is 1.24. The largest absolute Gasteiger partial charge is 0.488 e. The van der Waals surface area contributed by atoms with E-state index >= 15 is 0 Å². The molecule has 3 nitrogen and oxygen atoms in total. The summed E-state index contributed by atoms with van der Waals surface area (Å²) in [5.74, 6) is 1.04. The molecule has 1 unspecified atom stereocenters. The first-order valence-electron chi connectivity index (χ1n) is 6.84. The van der Waals surface area contributed by atoms with Crippen molar-refractivity contribution < 1.29 is 9.47 Å². The molecule has 1 aromatic rings. The smallest absolute Gasteiger partial charge is 0.123 e. The summed E-state index contributed by atoms with van der Waals surface area (Å²) < 4.78 is 11.3. The van der Waals surface area contributed by atoms with Crippen molar-refractivity contribution in [1.29, 1.82) is 0 Å². The van der Waals surface area contributed by atoms with Crippen LogP contribution in [0, 0.1) is 6.92 Å². The molecule has 19 heavy (non-hydrogen) atoms. The molecule has 0 aromatic heterocycles. The summed E-state index contributed by atoms with van der Waals surface area (Å²) in [7, 11) is 0. The van der Waals surface area contributed by atoms with Crippen LogP contribution in [0.25, 0.3) is 0 Å². The Morgan fingerprint density at radius 2 is 2.37 bits per heavy atom. The molecule has 0 bridgehead atoms. The van der Waals surface area contributed by atoms with Crippen LogP contribution in [-0.4, -0.2) is 32.4 Å². The lowest BCUT2D eigenvalue weighted by molar-refractivity contribution is 0.152. The molecule has 2 rings (SSSR count). The van der Waals surface area contributed by atoms with E-state index in [0.29, 0.717) is 13.2 Å². The minimum Gasteiger partial charge on any atom is -0.488 e. The summed E-state index contributed by atoms with van der Waals surface area (Å²) in [5, 5.41) is 3.37. The Balaban J connectivity index is 1.63. The summed E-state index contributed by atoms with van der Waals surface area (Å²) in [6, 6.07) is 6.38. The Bertz CT molecular complexity index is 442. The van der Waals surface area contributed by atoms with Gasteiger partial charge in [0, 0.05) is 19.5 Å². The lowest BCUT2D eigenvalue weighted by atomic mass is 10.1. The van der Waals surface area contributed by atoms with Gasteiger partial charge in [-0.3, -0.25) is 0 Å². The molecule has 0 amide bonds. The second kappa shape index (κ2) is 6.73. The second-order valence-electron chi connectivity index (χ2n) is 5.27. The van der Waals surface area contributed by atoms with E-state index in [-0.39, 0.29) is 6.10 Å². The van der Waals surface area contributed by atoms with Crippen LogP contribution >= 0.6 is 0 Å². The van der Waals surface area contributed by atoms with Crippen LogP contribution in [0.1, 0.15) is 18.1 Å². The molecule has 104 valence electrons. The summed E-state index contributed by atoms with van der Waals surface area (Å²) in [4.78, 5) is 0. The summed E-state index contributed by atoms with van der Waals surface area (Å²) in [5.41, 5.74) is 3.68. The highest BCUT2D eigenvalue weighted by Crippen LogP contribution is 2.29. The summed E-state index contributed by atoms with van der Waals surface area (Å²) in [6.45, 7) is 11.0. The Morgan fingerprint density at radius 3 is 3.16 bits per heavy atom. The third-order valence-corrected chi connectivity index (χ3v) is 3.10. The van der Waals surface area contributed by atoms with Crippen molar-refractivity contribution in [3.05, 3.63) is 41.5 Å². The second-order valence-corrected chi connectivity index (χ2v) is 5.27. The number of benzene rings is 1. The van der Waals surface area contributed by atoms with Gasteiger partial charge in [-0.05, 0) is 25.5 Å². The lowest BCUT2D eigenvalue weighted by Crippen LogP contribution is -2.32. The van der Waals surface area contributed by atoms with Crippen LogP contribution in [0.4, 0.5) is 0 Å². The van der Waals surface area contributed by atoms with Crippen molar-refractivity contribution in [2.45, 2.75) is 26.4 Å². The van der Waals surface area contributed by atoms with E-state index in [1.54, 1.807) is 0 Å². The van der Waals surface area contributed by atoms with E-state index in [2.05, 4.69) is 37.0 Å². The van der Waals surface area contributed by atoms with E-state index in [0.717, 1.165) is 30.8 Å². The molecule has 1 heterocycles. The fourth-order valence-corrected chi connectivity index (χ4v) is 2.22. The third-order valence-electron chi connectivity index (χ3n) is 3.10. The van der Waals surface area contributed by atoms with Crippen LogP contribution < -0.4 is 10.1 Å². The Kier molecular flexibility index (Phi) is 5.00. The van der Waals surface area contributed by atoms with Gasteiger partial charge in [-0.15, -0.1) is 0 Å². The summed E-state index contributed by atoms with van der Waals surface area (Å²) >= 11 is 0. The molecule has 0 spiro atoms. The van der Waals surface area contributed by atoms with Crippen molar-refractivity contribution in [3.8, 4) is 5.75 Å². The van der Waals surface area contributed by atoms with Gasteiger partial charge in [-0.25, -0.2) is 0 Å². The molecule has 1 aliphatic heterocycles. The highest BCUT2D eigenvalue weighted by atomic mass is 16.5. The Labute approximate surface area is 115 Å². The Hall–Kier alpha value is -1.32. The number of fused-ring (bicyclic) bond motifs is 1. The van der Waals surface area contributed by atoms with Gasteiger partial charge in [0.25, 0.3) is 0 Å². The number of hydrogen-bond donors (Lipinski definition) is 1. The van der Waals surface area contributed by atoms with Gasteiger partial charge in [-0.1, -0.05) is 29.8 Å². The average Bonchev–Trinajstić information content (AvgIpc) is 2.75. The van der Waals surface area contributed by atoms with Gasteiger partial charge in [-0.2, -0.15) is 0 Å². The van der Waals surface area contributed by atoms with E-state index < -0.39 is 0 Å². The minimum absolute atomic E-state index is 0.248. The molecule has 0 saturated carbocycles. The van der Waals surface area contributed by atoms with E-state index in [4.69, 9.17) is 9.47 Å². The Morgan fingerprint density at radius 1 is 1.53 bits per heavy atom. The molecular weight excluding hydrogens is 238 g/mol. The zero-order valence-electron chi connectivity index (χ0n) is 11.9. The van der Waals surface area contributed by atoms with Gasteiger partial charge in [0.1, 0.15) is 11.9 Å². The average molecular weight is 261 g/mol. The molecule has 1 aliphatic rings. The van der Waals surface area contributed by atoms with Gasteiger partial charge >= 0.3 is 0 Å². The van der Waals surface area contributed by atoms with Gasteiger partial charge < -0.3 is 14.8 Å². The molecule has 0 aliphatic carbocycles. The number of aryl methyl sites for hydroxylation is 1. The van der Waals surface area contributed by atoms with Crippen molar-refractivity contribution in [2.75, 3.05) is 26.3 Å². The fourth-order valence-electron chi connectivity index (χ4n) is 2.22. The first kappa shape index (κ1) is 14.1.